The summed E-state index contributed by atoms with van der Waals surface area (Å²) in [6.45, 7) is 0. The van der Waals surface area contributed by atoms with Crippen LogP contribution in [0.15, 0.2) is 30.0 Å². The van der Waals surface area contributed by atoms with E-state index in [0.29, 0.717) is 0 Å². The molecule has 80 valence electrons. The zero-order chi connectivity index (χ0) is 10.7. The highest BCUT2D eigenvalue weighted by Gasteiger charge is 2.14. The number of benzene rings is 1. The van der Waals surface area contributed by atoms with Crippen molar-refractivity contribution in [2.24, 2.45) is 0 Å². The first-order valence-corrected chi connectivity index (χ1v) is 5.71. The maximum Gasteiger partial charge on any atom is 0.0993 e. The lowest BCUT2D eigenvalue weighted by Gasteiger charge is -2.19. The Morgan fingerprint density at radius 1 is 1.07 bits per heavy atom. The molecule has 0 saturated heterocycles. The van der Waals surface area contributed by atoms with Crippen molar-refractivity contribution in [2.45, 2.75) is 25.7 Å². The molecular formula is C13H15ClO. The maximum absolute atomic E-state index is 5.87. The smallest absolute Gasteiger partial charge is 0.0993 e. The number of ether oxygens (including phenoxy) is 1. The van der Waals surface area contributed by atoms with Crippen molar-refractivity contribution in [2.75, 3.05) is 7.11 Å². The van der Waals surface area contributed by atoms with Gasteiger partial charge in [0.25, 0.3) is 0 Å². The number of methoxy groups -OCH3 is 1. The molecule has 1 aliphatic rings. The van der Waals surface area contributed by atoms with Crippen LogP contribution in [0, 0.1) is 0 Å². The average molecular weight is 223 g/mol. The largest absolute Gasteiger partial charge is 0.501 e. The van der Waals surface area contributed by atoms with E-state index < -0.39 is 0 Å². The lowest BCUT2D eigenvalue weighted by molar-refractivity contribution is 0.270. The van der Waals surface area contributed by atoms with Crippen molar-refractivity contribution in [3.63, 3.8) is 0 Å². The van der Waals surface area contributed by atoms with Crippen LogP contribution in [0.1, 0.15) is 31.2 Å². The molecule has 1 aliphatic carbocycles. The summed E-state index contributed by atoms with van der Waals surface area (Å²) in [5.74, 6) is 1.14. The second-order valence-corrected chi connectivity index (χ2v) is 4.26. The molecule has 0 N–H and O–H groups in total. The van der Waals surface area contributed by atoms with Crippen molar-refractivity contribution in [3.05, 3.63) is 40.6 Å². The van der Waals surface area contributed by atoms with Gasteiger partial charge in [0.2, 0.25) is 0 Å². The maximum atomic E-state index is 5.87. The third-order valence-electron chi connectivity index (χ3n) is 2.86. The minimum Gasteiger partial charge on any atom is -0.501 e. The van der Waals surface area contributed by atoms with E-state index in [1.165, 1.54) is 24.0 Å². The topological polar surface area (TPSA) is 9.23 Å². The number of rotatable bonds is 2. The van der Waals surface area contributed by atoms with Gasteiger partial charge in [-0.25, -0.2) is 0 Å². The van der Waals surface area contributed by atoms with Crippen LogP contribution in [0.3, 0.4) is 0 Å². The molecule has 15 heavy (non-hydrogen) atoms. The Morgan fingerprint density at radius 3 is 2.40 bits per heavy atom. The van der Waals surface area contributed by atoms with Gasteiger partial charge in [0.05, 0.1) is 12.9 Å². The zero-order valence-corrected chi connectivity index (χ0v) is 9.68. The molecule has 1 aromatic carbocycles. The summed E-state index contributed by atoms with van der Waals surface area (Å²) in [7, 11) is 1.76. The molecule has 0 atom stereocenters. The Labute approximate surface area is 95.7 Å². The van der Waals surface area contributed by atoms with Gasteiger partial charge >= 0.3 is 0 Å². The van der Waals surface area contributed by atoms with E-state index in [1.807, 2.05) is 12.1 Å². The van der Waals surface area contributed by atoms with E-state index in [9.17, 15) is 0 Å². The van der Waals surface area contributed by atoms with Gasteiger partial charge in [-0.05, 0) is 42.5 Å². The van der Waals surface area contributed by atoms with Crippen LogP contribution in [0.5, 0.6) is 0 Å². The first-order chi connectivity index (χ1) is 7.31. The van der Waals surface area contributed by atoms with Crippen LogP contribution in [0.25, 0.3) is 5.57 Å². The van der Waals surface area contributed by atoms with Crippen LogP contribution in [-0.2, 0) is 4.74 Å². The molecule has 0 amide bonds. The molecule has 0 heterocycles. The molecule has 1 aromatic rings. The van der Waals surface area contributed by atoms with E-state index in [1.54, 1.807) is 7.11 Å². The molecule has 2 heteroatoms. The fourth-order valence-corrected chi connectivity index (χ4v) is 2.19. The molecule has 0 aliphatic heterocycles. The Morgan fingerprint density at radius 2 is 1.73 bits per heavy atom. The van der Waals surface area contributed by atoms with E-state index in [0.717, 1.165) is 23.6 Å². The molecule has 0 radical (unpaired) electrons. The van der Waals surface area contributed by atoms with Crippen molar-refractivity contribution >= 4 is 17.2 Å². The van der Waals surface area contributed by atoms with Gasteiger partial charge in [-0.1, -0.05) is 23.7 Å². The summed E-state index contributed by atoms with van der Waals surface area (Å²) in [6, 6.07) is 8.02. The SMILES string of the molecule is COC1=C(c2ccc(Cl)cc2)CCCC1. The highest BCUT2D eigenvalue weighted by molar-refractivity contribution is 6.30. The van der Waals surface area contributed by atoms with Gasteiger partial charge in [0.1, 0.15) is 0 Å². The van der Waals surface area contributed by atoms with Gasteiger partial charge in [0, 0.05) is 11.4 Å². The standard InChI is InChI=1S/C13H15ClO/c1-15-13-5-3-2-4-12(13)10-6-8-11(14)9-7-10/h6-9H,2-5H2,1H3. The van der Waals surface area contributed by atoms with Crippen molar-refractivity contribution in [1.29, 1.82) is 0 Å². The summed E-state index contributed by atoms with van der Waals surface area (Å²) < 4.78 is 5.44. The van der Waals surface area contributed by atoms with E-state index in [4.69, 9.17) is 16.3 Å². The lowest BCUT2D eigenvalue weighted by Crippen LogP contribution is -2.01. The zero-order valence-electron chi connectivity index (χ0n) is 8.92. The van der Waals surface area contributed by atoms with Crippen LogP contribution in [0.4, 0.5) is 0 Å². The van der Waals surface area contributed by atoms with Crippen molar-refractivity contribution in [1.82, 2.24) is 0 Å². The number of allylic oxidation sites excluding steroid dienone is 2. The van der Waals surface area contributed by atoms with Gasteiger partial charge in [-0.3, -0.25) is 0 Å². The van der Waals surface area contributed by atoms with Crippen LogP contribution >= 0.6 is 11.6 Å². The van der Waals surface area contributed by atoms with Crippen molar-refractivity contribution in [3.8, 4) is 0 Å². The molecule has 0 spiro atoms. The minimum absolute atomic E-state index is 0.786. The average Bonchev–Trinajstić information content (AvgIpc) is 2.30. The van der Waals surface area contributed by atoms with E-state index in [2.05, 4.69) is 12.1 Å². The lowest BCUT2D eigenvalue weighted by atomic mass is 9.92. The van der Waals surface area contributed by atoms with Crippen LogP contribution < -0.4 is 0 Å². The Hall–Kier alpha value is -0.950. The Bertz CT molecular complexity index is 365. The summed E-state index contributed by atoms with van der Waals surface area (Å²) in [4.78, 5) is 0. The fourth-order valence-electron chi connectivity index (χ4n) is 2.06. The summed E-state index contributed by atoms with van der Waals surface area (Å²) in [5.41, 5.74) is 2.59. The third-order valence-corrected chi connectivity index (χ3v) is 3.11. The summed E-state index contributed by atoms with van der Waals surface area (Å²) >= 11 is 5.87. The first kappa shape index (κ1) is 10.6. The van der Waals surface area contributed by atoms with Gasteiger partial charge in [-0.15, -0.1) is 0 Å². The van der Waals surface area contributed by atoms with Gasteiger partial charge in [-0.2, -0.15) is 0 Å². The van der Waals surface area contributed by atoms with E-state index in [-0.39, 0.29) is 0 Å². The molecular weight excluding hydrogens is 208 g/mol. The Balaban J connectivity index is 2.35. The van der Waals surface area contributed by atoms with Crippen LogP contribution in [-0.4, -0.2) is 7.11 Å². The molecule has 0 aromatic heterocycles. The first-order valence-electron chi connectivity index (χ1n) is 5.33. The molecule has 0 fully saturated rings. The predicted octanol–water partition coefficient (Wildman–Crippen LogP) is 4.27. The molecule has 2 rings (SSSR count). The summed E-state index contributed by atoms with van der Waals surface area (Å²) in [5, 5.41) is 0.786. The van der Waals surface area contributed by atoms with Crippen molar-refractivity contribution < 1.29 is 4.74 Å². The summed E-state index contributed by atoms with van der Waals surface area (Å²) in [6.07, 6.45) is 4.67. The highest BCUT2D eigenvalue weighted by Crippen LogP contribution is 2.32. The minimum atomic E-state index is 0.786. The molecule has 0 unspecified atom stereocenters. The molecule has 1 nitrogen and oxygen atoms in total. The predicted molar refractivity (Wildman–Crippen MR) is 63.8 cm³/mol. The second kappa shape index (κ2) is 4.71. The number of hydrogen-bond acceptors (Lipinski definition) is 1. The second-order valence-electron chi connectivity index (χ2n) is 3.82. The number of halogens is 1. The Kier molecular flexibility index (Phi) is 3.32. The quantitative estimate of drug-likeness (QED) is 0.726. The van der Waals surface area contributed by atoms with Gasteiger partial charge in [0.15, 0.2) is 0 Å². The number of hydrogen-bond donors (Lipinski definition) is 0. The normalized spacial score (nSPS) is 16.7. The van der Waals surface area contributed by atoms with Crippen LogP contribution in [0.2, 0.25) is 5.02 Å². The highest BCUT2D eigenvalue weighted by atomic mass is 35.5. The van der Waals surface area contributed by atoms with E-state index >= 15 is 0 Å². The van der Waals surface area contributed by atoms with Gasteiger partial charge < -0.3 is 4.74 Å². The molecule has 0 bridgehead atoms. The monoisotopic (exact) mass is 222 g/mol. The third kappa shape index (κ3) is 2.35. The molecule has 0 saturated carbocycles. The fraction of sp³-hybridized carbons (Fsp3) is 0.385.